The number of hydrogen-bond donors (Lipinski definition) is 0. The minimum absolute atomic E-state index is 0.0977. The zero-order valence-corrected chi connectivity index (χ0v) is 11.7. The topological polar surface area (TPSA) is 97.3 Å². The largest absolute Gasteiger partial charge is 0.296 e. The predicted octanol–water partition coefficient (Wildman–Crippen LogP) is 0.770. The smallest absolute Gasteiger partial charge is 0.266 e. The molecule has 0 atom stereocenters. The minimum Gasteiger partial charge on any atom is -0.266 e. The van der Waals surface area contributed by atoms with Crippen LogP contribution in [-0.4, -0.2) is 34.5 Å². The fraction of sp³-hybridized carbons (Fsp3) is 0.0769. The summed E-state index contributed by atoms with van der Waals surface area (Å²) in [5.74, 6) is -1.96. The lowest BCUT2D eigenvalue weighted by atomic mass is 10.2. The number of aryl methyl sites for hydroxylation is 1. The van der Waals surface area contributed by atoms with Crippen LogP contribution in [-0.2, 0) is 10.0 Å². The van der Waals surface area contributed by atoms with E-state index in [4.69, 9.17) is 0 Å². The van der Waals surface area contributed by atoms with Crippen LogP contribution in [0.15, 0.2) is 41.6 Å². The van der Waals surface area contributed by atoms with E-state index < -0.39 is 21.8 Å². The van der Waals surface area contributed by atoms with E-state index in [1.165, 1.54) is 24.5 Å². The first kappa shape index (κ1) is 13.4. The standard InChI is InChI=1S/C13H9N3O4S/c1-8-4-2-3-5-9(8)21(19,20)16-12(17)10-11(13(16)18)15-7-6-14-10/h2-7H,1H3. The van der Waals surface area contributed by atoms with Crippen LogP contribution in [0.2, 0.25) is 0 Å². The number of fused-ring (bicyclic) bond motifs is 1. The van der Waals surface area contributed by atoms with Crippen LogP contribution >= 0.6 is 0 Å². The first-order valence-corrected chi connectivity index (χ1v) is 7.39. The third-order valence-corrected chi connectivity index (χ3v) is 4.91. The molecule has 0 unspecified atom stereocenters. The molecule has 0 saturated carbocycles. The first-order valence-electron chi connectivity index (χ1n) is 5.95. The van der Waals surface area contributed by atoms with Gasteiger partial charge < -0.3 is 0 Å². The van der Waals surface area contributed by atoms with Crippen molar-refractivity contribution >= 4 is 21.8 Å². The molecule has 1 aliphatic heterocycles. The Labute approximate surface area is 120 Å². The molecular formula is C13H9N3O4S. The highest BCUT2D eigenvalue weighted by atomic mass is 32.2. The Morgan fingerprint density at radius 1 is 0.952 bits per heavy atom. The molecule has 1 aliphatic rings. The van der Waals surface area contributed by atoms with E-state index in [0.29, 0.717) is 5.56 Å². The van der Waals surface area contributed by atoms with Gasteiger partial charge in [0.05, 0.1) is 4.90 Å². The van der Waals surface area contributed by atoms with E-state index in [0.717, 1.165) is 0 Å². The first-order chi connectivity index (χ1) is 9.94. The van der Waals surface area contributed by atoms with Crippen LogP contribution < -0.4 is 0 Å². The van der Waals surface area contributed by atoms with E-state index in [1.54, 1.807) is 19.1 Å². The molecule has 1 aromatic carbocycles. The fourth-order valence-electron chi connectivity index (χ4n) is 2.10. The van der Waals surface area contributed by atoms with Crippen molar-refractivity contribution < 1.29 is 18.0 Å². The van der Waals surface area contributed by atoms with Gasteiger partial charge in [-0.15, -0.1) is 0 Å². The highest BCUT2D eigenvalue weighted by molar-refractivity contribution is 7.90. The molecular weight excluding hydrogens is 294 g/mol. The van der Waals surface area contributed by atoms with Crippen molar-refractivity contribution in [1.29, 1.82) is 0 Å². The molecule has 1 aromatic heterocycles. The Bertz CT molecular complexity index is 841. The van der Waals surface area contributed by atoms with Crippen molar-refractivity contribution in [2.24, 2.45) is 0 Å². The average molecular weight is 303 g/mol. The summed E-state index contributed by atoms with van der Waals surface area (Å²) in [6.07, 6.45) is 2.46. The van der Waals surface area contributed by atoms with Crippen molar-refractivity contribution in [3.8, 4) is 0 Å². The molecule has 8 heteroatoms. The number of carbonyl (C=O) groups excluding carboxylic acids is 2. The fourth-order valence-corrected chi connectivity index (χ4v) is 3.63. The van der Waals surface area contributed by atoms with Gasteiger partial charge >= 0.3 is 0 Å². The quantitative estimate of drug-likeness (QED) is 0.760. The predicted molar refractivity (Wildman–Crippen MR) is 70.9 cm³/mol. The summed E-state index contributed by atoms with van der Waals surface area (Å²) in [6.45, 7) is 1.58. The van der Waals surface area contributed by atoms with Crippen LogP contribution in [0.1, 0.15) is 26.5 Å². The summed E-state index contributed by atoms with van der Waals surface area (Å²) in [5, 5.41) is 0. The van der Waals surface area contributed by atoms with Crippen molar-refractivity contribution in [3.63, 3.8) is 0 Å². The molecule has 0 spiro atoms. The van der Waals surface area contributed by atoms with Crippen molar-refractivity contribution in [3.05, 3.63) is 53.6 Å². The second-order valence-corrected chi connectivity index (χ2v) is 6.15. The molecule has 3 rings (SSSR count). The van der Waals surface area contributed by atoms with Gasteiger partial charge in [0, 0.05) is 12.4 Å². The Hall–Kier alpha value is -2.61. The maximum Gasteiger partial charge on any atom is 0.296 e. The second kappa shape index (κ2) is 4.45. The highest BCUT2D eigenvalue weighted by Gasteiger charge is 2.46. The molecule has 0 fully saturated rings. The lowest BCUT2D eigenvalue weighted by Crippen LogP contribution is -2.36. The lowest BCUT2D eigenvalue weighted by Gasteiger charge is -2.15. The molecule has 2 aromatic rings. The van der Waals surface area contributed by atoms with Crippen molar-refractivity contribution in [2.75, 3.05) is 0 Å². The van der Waals surface area contributed by atoms with E-state index in [9.17, 15) is 18.0 Å². The van der Waals surface area contributed by atoms with Gasteiger partial charge in [-0.25, -0.2) is 18.4 Å². The minimum atomic E-state index is -4.28. The Morgan fingerprint density at radius 3 is 2.00 bits per heavy atom. The molecule has 21 heavy (non-hydrogen) atoms. The van der Waals surface area contributed by atoms with Crippen LogP contribution in [0.4, 0.5) is 0 Å². The molecule has 2 heterocycles. The van der Waals surface area contributed by atoms with E-state index in [2.05, 4.69) is 9.97 Å². The van der Waals surface area contributed by atoms with E-state index in [-0.39, 0.29) is 20.6 Å². The maximum atomic E-state index is 12.6. The van der Waals surface area contributed by atoms with Gasteiger partial charge in [-0.1, -0.05) is 18.2 Å². The van der Waals surface area contributed by atoms with Crippen molar-refractivity contribution in [2.45, 2.75) is 11.8 Å². The number of rotatable bonds is 2. The average Bonchev–Trinajstić information content (AvgIpc) is 2.72. The van der Waals surface area contributed by atoms with Crippen LogP contribution in [0.3, 0.4) is 0 Å². The van der Waals surface area contributed by atoms with Gasteiger partial charge in [0.15, 0.2) is 11.4 Å². The molecule has 0 saturated heterocycles. The molecule has 0 aliphatic carbocycles. The summed E-state index contributed by atoms with van der Waals surface area (Å²) < 4.78 is 25.4. The molecule has 0 N–H and O–H groups in total. The summed E-state index contributed by atoms with van der Waals surface area (Å²) in [7, 11) is -4.28. The zero-order valence-electron chi connectivity index (χ0n) is 10.8. The summed E-state index contributed by atoms with van der Waals surface area (Å²) in [5.41, 5.74) is -0.0608. The van der Waals surface area contributed by atoms with E-state index in [1.807, 2.05) is 0 Å². The number of imide groups is 1. The lowest BCUT2D eigenvalue weighted by molar-refractivity contribution is 0.0762. The zero-order chi connectivity index (χ0) is 15.2. The van der Waals surface area contributed by atoms with Gasteiger partial charge in [-0.05, 0) is 18.6 Å². The summed E-state index contributed by atoms with van der Waals surface area (Å²) >= 11 is 0. The van der Waals surface area contributed by atoms with Gasteiger partial charge in [0.1, 0.15) is 0 Å². The molecule has 106 valence electrons. The number of hydrogen-bond acceptors (Lipinski definition) is 6. The third kappa shape index (κ3) is 1.83. The molecule has 2 amide bonds. The van der Waals surface area contributed by atoms with Crippen LogP contribution in [0, 0.1) is 6.92 Å². The number of benzene rings is 1. The number of amides is 2. The summed E-state index contributed by atoms with van der Waals surface area (Å²) in [4.78, 5) is 31.7. The van der Waals surface area contributed by atoms with Crippen molar-refractivity contribution in [1.82, 2.24) is 14.3 Å². The number of aromatic nitrogens is 2. The second-order valence-electron chi connectivity index (χ2n) is 4.40. The summed E-state index contributed by atoms with van der Waals surface area (Å²) in [6, 6.07) is 6.12. The van der Waals surface area contributed by atoms with E-state index >= 15 is 0 Å². The Morgan fingerprint density at radius 2 is 1.48 bits per heavy atom. The normalized spacial score (nSPS) is 14.4. The van der Waals surface area contributed by atoms with Gasteiger partial charge in [0.2, 0.25) is 0 Å². The Kier molecular flexibility index (Phi) is 2.84. The highest BCUT2D eigenvalue weighted by Crippen LogP contribution is 2.27. The van der Waals surface area contributed by atoms with Gasteiger partial charge in [-0.2, -0.15) is 4.31 Å². The molecule has 0 bridgehead atoms. The SMILES string of the molecule is Cc1ccccc1S(=O)(=O)N1C(=O)c2nccnc2C1=O. The monoisotopic (exact) mass is 303 g/mol. The van der Waals surface area contributed by atoms with Crippen LogP contribution in [0.5, 0.6) is 0 Å². The number of nitrogens with zero attached hydrogens (tertiary/aromatic N) is 3. The Balaban J connectivity index is 2.17. The third-order valence-electron chi connectivity index (χ3n) is 3.08. The molecule has 7 nitrogen and oxygen atoms in total. The van der Waals surface area contributed by atoms with Gasteiger partial charge in [-0.3, -0.25) is 9.59 Å². The molecule has 0 radical (unpaired) electrons. The van der Waals surface area contributed by atoms with Gasteiger partial charge in [0.25, 0.3) is 21.8 Å². The van der Waals surface area contributed by atoms with Crippen LogP contribution in [0.25, 0.3) is 0 Å². The maximum absolute atomic E-state index is 12.6. The number of carbonyl (C=O) groups is 2. The number of sulfonamides is 1.